The Morgan fingerprint density at radius 3 is 2.00 bits per heavy atom. The first-order chi connectivity index (χ1) is 6.38. The highest BCUT2D eigenvalue weighted by atomic mass is 19.2. The average molecular weight is 204 g/mol. The summed E-state index contributed by atoms with van der Waals surface area (Å²) in [6.45, 7) is 3.08. The van der Waals surface area contributed by atoms with Gasteiger partial charge < -0.3 is 5.11 Å². The molecule has 0 fully saturated rings. The van der Waals surface area contributed by atoms with E-state index in [1.165, 1.54) is 6.92 Å². The minimum Gasteiger partial charge on any atom is -0.385 e. The van der Waals surface area contributed by atoms with Gasteiger partial charge >= 0.3 is 0 Å². The van der Waals surface area contributed by atoms with Gasteiger partial charge in [-0.1, -0.05) is 6.92 Å². The fourth-order valence-corrected chi connectivity index (χ4v) is 1.07. The lowest BCUT2D eigenvalue weighted by Gasteiger charge is -2.21. The van der Waals surface area contributed by atoms with Crippen molar-refractivity contribution in [3.8, 4) is 0 Å². The maximum absolute atomic E-state index is 12.8. The van der Waals surface area contributed by atoms with Crippen LogP contribution in [0.2, 0.25) is 0 Å². The summed E-state index contributed by atoms with van der Waals surface area (Å²) in [7, 11) is 0. The molecule has 0 heterocycles. The fraction of sp³-hybridized carbons (Fsp3) is 0.400. The van der Waals surface area contributed by atoms with Gasteiger partial charge in [0.1, 0.15) is 0 Å². The third kappa shape index (κ3) is 1.90. The van der Waals surface area contributed by atoms with Crippen molar-refractivity contribution >= 4 is 0 Å². The van der Waals surface area contributed by atoms with Gasteiger partial charge in [0.2, 0.25) is 0 Å². The van der Waals surface area contributed by atoms with Gasteiger partial charge in [0.25, 0.3) is 0 Å². The van der Waals surface area contributed by atoms with Crippen molar-refractivity contribution in [1.82, 2.24) is 0 Å². The van der Waals surface area contributed by atoms with Crippen LogP contribution in [0, 0.1) is 17.5 Å². The second-order valence-electron chi connectivity index (χ2n) is 3.38. The minimum absolute atomic E-state index is 0.0383. The molecular weight excluding hydrogens is 193 g/mol. The lowest BCUT2D eigenvalue weighted by Crippen LogP contribution is -2.20. The van der Waals surface area contributed by atoms with Crippen molar-refractivity contribution < 1.29 is 18.3 Å². The van der Waals surface area contributed by atoms with Crippen molar-refractivity contribution in [3.63, 3.8) is 0 Å². The molecule has 1 nitrogen and oxygen atoms in total. The third-order valence-electron chi connectivity index (χ3n) is 2.29. The molecule has 0 aliphatic carbocycles. The van der Waals surface area contributed by atoms with Crippen LogP contribution >= 0.6 is 0 Å². The zero-order chi connectivity index (χ0) is 10.9. The molecule has 0 bridgehead atoms. The van der Waals surface area contributed by atoms with Crippen LogP contribution < -0.4 is 0 Å². The maximum atomic E-state index is 12.8. The summed E-state index contributed by atoms with van der Waals surface area (Å²) in [5.74, 6) is -4.08. The van der Waals surface area contributed by atoms with E-state index < -0.39 is 23.1 Å². The summed E-state index contributed by atoms with van der Waals surface area (Å²) in [5, 5.41) is 9.68. The molecule has 0 aliphatic heterocycles. The van der Waals surface area contributed by atoms with Crippen LogP contribution in [0.15, 0.2) is 12.1 Å². The number of hydrogen-bond donors (Lipinski definition) is 1. The van der Waals surface area contributed by atoms with E-state index in [4.69, 9.17) is 0 Å². The molecule has 1 aromatic rings. The Bertz CT molecular complexity index is 324. The highest BCUT2D eigenvalue weighted by Crippen LogP contribution is 2.26. The number of rotatable bonds is 2. The standard InChI is InChI=1S/C10H11F3O/c1-3-10(2,14)6-4-7(11)9(13)8(12)5-6/h4-5,14H,3H2,1-2H3/t10-/m0/s1. The first-order valence-electron chi connectivity index (χ1n) is 4.26. The van der Waals surface area contributed by atoms with Crippen molar-refractivity contribution in [3.05, 3.63) is 35.1 Å². The van der Waals surface area contributed by atoms with Gasteiger partial charge in [-0.05, 0) is 31.0 Å². The van der Waals surface area contributed by atoms with E-state index in [0.717, 1.165) is 12.1 Å². The van der Waals surface area contributed by atoms with Crippen molar-refractivity contribution in [1.29, 1.82) is 0 Å². The Kier molecular flexibility index (Phi) is 2.85. The monoisotopic (exact) mass is 204 g/mol. The summed E-state index contributed by atoms with van der Waals surface area (Å²) >= 11 is 0. The van der Waals surface area contributed by atoms with Crippen LogP contribution in [0.1, 0.15) is 25.8 Å². The molecule has 0 amide bonds. The highest BCUT2D eigenvalue weighted by Gasteiger charge is 2.23. The lowest BCUT2D eigenvalue weighted by molar-refractivity contribution is 0.0522. The van der Waals surface area contributed by atoms with Crippen LogP contribution in [0.3, 0.4) is 0 Å². The fourth-order valence-electron chi connectivity index (χ4n) is 1.07. The summed E-state index contributed by atoms with van der Waals surface area (Å²) in [4.78, 5) is 0. The van der Waals surface area contributed by atoms with E-state index in [-0.39, 0.29) is 12.0 Å². The number of hydrogen-bond acceptors (Lipinski definition) is 1. The van der Waals surface area contributed by atoms with Crippen molar-refractivity contribution in [2.45, 2.75) is 25.9 Å². The quantitative estimate of drug-likeness (QED) is 0.734. The van der Waals surface area contributed by atoms with Crippen LogP contribution in [0.5, 0.6) is 0 Å². The van der Waals surface area contributed by atoms with Gasteiger partial charge in [-0.25, -0.2) is 13.2 Å². The first-order valence-corrected chi connectivity index (χ1v) is 4.26. The summed E-state index contributed by atoms with van der Waals surface area (Å²) in [5.41, 5.74) is -1.30. The van der Waals surface area contributed by atoms with Gasteiger partial charge in [-0.2, -0.15) is 0 Å². The predicted octanol–water partition coefficient (Wildman–Crippen LogP) is 2.72. The Morgan fingerprint density at radius 1 is 1.21 bits per heavy atom. The average Bonchev–Trinajstić information content (AvgIpc) is 2.13. The second-order valence-corrected chi connectivity index (χ2v) is 3.38. The van der Waals surface area contributed by atoms with Gasteiger partial charge in [0.05, 0.1) is 5.60 Å². The second kappa shape index (κ2) is 3.61. The van der Waals surface area contributed by atoms with Gasteiger partial charge in [-0.15, -0.1) is 0 Å². The molecular formula is C10H11F3O. The van der Waals surface area contributed by atoms with Gasteiger partial charge in [-0.3, -0.25) is 0 Å². The predicted molar refractivity (Wildman–Crippen MR) is 46.2 cm³/mol. The molecule has 0 radical (unpaired) electrons. The zero-order valence-electron chi connectivity index (χ0n) is 7.94. The molecule has 14 heavy (non-hydrogen) atoms. The van der Waals surface area contributed by atoms with E-state index in [1.54, 1.807) is 6.92 Å². The summed E-state index contributed by atoms with van der Waals surface area (Å²) in [6.07, 6.45) is 0.289. The normalized spacial score (nSPS) is 15.3. The van der Waals surface area contributed by atoms with E-state index in [9.17, 15) is 18.3 Å². The number of benzene rings is 1. The third-order valence-corrected chi connectivity index (χ3v) is 2.29. The van der Waals surface area contributed by atoms with Crippen LogP contribution in [-0.4, -0.2) is 5.11 Å². The van der Waals surface area contributed by atoms with Crippen LogP contribution in [-0.2, 0) is 5.60 Å². The van der Waals surface area contributed by atoms with Gasteiger partial charge in [0, 0.05) is 0 Å². The maximum Gasteiger partial charge on any atom is 0.194 e. The lowest BCUT2D eigenvalue weighted by atomic mass is 9.93. The van der Waals surface area contributed by atoms with Gasteiger partial charge in [0.15, 0.2) is 17.5 Å². The first kappa shape index (κ1) is 11.0. The molecule has 78 valence electrons. The molecule has 1 atom stereocenters. The number of aliphatic hydroxyl groups is 1. The van der Waals surface area contributed by atoms with Crippen LogP contribution in [0.4, 0.5) is 13.2 Å². The largest absolute Gasteiger partial charge is 0.385 e. The topological polar surface area (TPSA) is 20.2 Å². The molecule has 0 spiro atoms. The molecule has 1 N–H and O–H groups in total. The smallest absolute Gasteiger partial charge is 0.194 e. The van der Waals surface area contributed by atoms with E-state index in [0.29, 0.717) is 0 Å². The molecule has 1 aromatic carbocycles. The van der Waals surface area contributed by atoms with Crippen LogP contribution in [0.25, 0.3) is 0 Å². The number of halogens is 3. The molecule has 0 saturated carbocycles. The summed E-state index contributed by atoms with van der Waals surface area (Å²) < 4.78 is 38.1. The Balaban J connectivity index is 3.26. The molecule has 0 aliphatic rings. The molecule has 1 rings (SSSR count). The Labute approximate surface area is 80.2 Å². The van der Waals surface area contributed by atoms with Crippen molar-refractivity contribution in [2.75, 3.05) is 0 Å². The van der Waals surface area contributed by atoms with Crippen molar-refractivity contribution in [2.24, 2.45) is 0 Å². The Hall–Kier alpha value is -1.03. The van der Waals surface area contributed by atoms with E-state index in [1.807, 2.05) is 0 Å². The minimum atomic E-state index is -1.51. The SMILES string of the molecule is CC[C@](C)(O)c1cc(F)c(F)c(F)c1. The zero-order valence-corrected chi connectivity index (χ0v) is 7.94. The van der Waals surface area contributed by atoms with E-state index in [2.05, 4.69) is 0 Å². The van der Waals surface area contributed by atoms with E-state index >= 15 is 0 Å². The molecule has 0 unspecified atom stereocenters. The Morgan fingerprint density at radius 2 is 1.64 bits per heavy atom. The molecule has 0 aromatic heterocycles. The summed E-state index contributed by atoms with van der Waals surface area (Å²) in [6, 6.07) is 1.61. The molecule has 4 heteroatoms. The highest BCUT2D eigenvalue weighted by molar-refractivity contribution is 5.24. The molecule has 0 saturated heterocycles.